The quantitative estimate of drug-likeness (QED) is 0.670. The summed E-state index contributed by atoms with van der Waals surface area (Å²) in [5.41, 5.74) is 3.31. The van der Waals surface area contributed by atoms with E-state index in [0.717, 1.165) is 0 Å². The maximum Gasteiger partial charge on any atom is 0.273 e. The third-order valence-corrected chi connectivity index (χ3v) is 3.56. The Labute approximate surface area is 132 Å². The van der Waals surface area contributed by atoms with Gasteiger partial charge in [0.25, 0.3) is 5.91 Å². The van der Waals surface area contributed by atoms with Gasteiger partial charge < -0.3 is 5.11 Å². The van der Waals surface area contributed by atoms with Gasteiger partial charge in [0.15, 0.2) is 6.10 Å². The van der Waals surface area contributed by atoms with Crippen molar-refractivity contribution in [1.82, 2.24) is 5.43 Å². The summed E-state index contributed by atoms with van der Waals surface area (Å²) in [6.07, 6.45) is 0.0854. The van der Waals surface area contributed by atoms with Crippen LogP contribution in [0.3, 0.4) is 0 Å². The number of hydrogen-bond donors (Lipinski definition) is 2. The zero-order valence-electron chi connectivity index (χ0n) is 10.8. The maximum absolute atomic E-state index is 11.8. The minimum atomic E-state index is -1.28. The van der Waals surface area contributed by atoms with E-state index in [-0.39, 0.29) is 0 Å². The van der Waals surface area contributed by atoms with Crippen LogP contribution < -0.4 is 5.43 Å². The van der Waals surface area contributed by atoms with Crippen molar-refractivity contribution in [3.8, 4) is 0 Å². The summed E-state index contributed by atoms with van der Waals surface area (Å²) >= 11 is 11.8. The molecular weight excluding hydrogens is 311 g/mol. The second-order valence-electron chi connectivity index (χ2n) is 4.19. The lowest BCUT2D eigenvalue weighted by Crippen LogP contribution is -2.25. The normalized spacial score (nSPS) is 12.3. The number of hydrazone groups is 1. The van der Waals surface area contributed by atoms with Gasteiger partial charge >= 0.3 is 0 Å². The summed E-state index contributed by atoms with van der Waals surface area (Å²) < 4.78 is 0. The van der Waals surface area contributed by atoms with Crippen molar-refractivity contribution < 1.29 is 9.90 Å². The Hall–Kier alpha value is -1.88. The van der Waals surface area contributed by atoms with Gasteiger partial charge in [-0.15, -0.1) is 0 Å². The first-order valence-electron chi connectivity index (χ1n) is 6.09. The number of nitrogens with one attached hydrogen (secondary N) is 1. The molecule has 0 aliphatic heterocycles. The average molecular weight is 323 g/mol. The molecule has 2 N–H and O–H groups in total. The first kappa shape index (κ1) is 15.5. The number of aliphatic hydroxyl groups excluding tert-OH is 1. The smallest absolute Gasteiger partial charge is 0.273 e. The van der Waals surface area contributed by atoms with Crippen LogP contribution in [0.25, 0.3) is 0 Å². The largest absolute Gasteiger partial charge is 0.378 e. The molecule has 0 unspecified atom stereocenters. The first-order valence-corrected chi connectivity index (χ1v) is 6.85. The van der Waals surface area contributed by atoms with E-state index in [4.69, 9.17) is 23.2 Å². The van der Waals surface area contributed by atoms with Crippen LogP contribution in [0.4, 0.5) is 0 Å². The minimum absolute atomic E-state index is 0.348. The van der Waals surface area contributed by atoms with E-state index in [1.807, 2.05) is 0 Å². The zero-order valence-corrected chi connectivity index (χ0v) is 12.3. The molecule has 0 radical (unpaired) electrons. The molecule has 0 aliphatic carbocycles. The van der Waals surface area contributed by atoms with Crippen LogP contribution in [0.5, 0.6) is 0 Å². The molecular formula is C15H12Cl2N2O2. The van der Waals surface area contributed by atoms with Crippen LogP contribution >= 0.6 is 23.2 Å². The van der Waals surface area contributed by atoms with E-state index >= 15 is 0 Å². The van der Waals surface area contributed by atoms with Gasteiger partial charge in [-0.05, 0) is 11.6 Å². The Morgan fingerprint density at radius 1 is 1.14 bits per heavy atom. The highest BCUT2D eigenvalue weighted by molar-refractivity contribution is 6.43. The maximum atomic E-state index is 11.8. The van der Waals surface area contributed by atoms with Gasteiger partial charge in [0.1, 0.15) is 0 Å². The van der Waals surface area contributed by atoms with Crippen molar-refractivity contribution in [3.63, 3.8) is 0 Å². The number of carbonyl (C=O) groups excluding carboxylic acids is 1. The summed E-state index contributed by atoms with van der Waals surface area (Å²) in [5, 5.41) is 14.4. The topological polar surface area (TPSA) is 61.7 Å². The fourth-order valence-electron chi connectivity index (χ4n) is 1.63. The zero-order chi connectivity index (χ0) is 15.2. The number of rotatable bonds is 4. The van der Waals surface area contributed by atoms with Crippen molar-refractivity contribution in [1.29, 1.82) is 0 Å². The predicted molar refractivity (Wildman–Crippen MR) is 83.6 cm³/mol. The molecule has 0 fully saturated rings. The lowest BCUT2D eigenvalue weighted by Gasteiger charge is -2.08. The molecule has 108 valence electrons. The summed E-state index contributed by atoms with van der Waals surface area (Å²) in [7, 11) is 0. The van der Waals surface area contributed by atoms with Gasteiger partial charge in [0.2, 0.25) is 0 Å². The van der Waals surface area contributed by atoms with Crippen LogP contribution in [0.15, 0.2) is 53.6 Å². The van der Waals surface area contributed by atoms with Crippen LogP contribution in [0.1, 0.15) is 17.2 Å². The van der Waals surface area contributed by atoms with Crippen molar-refractivity contribution >= 4 is 35.3 Å². The van der Waals surface area contributed by atoms with Gasteiger partial charge in [0, 0.05) is 5.56 Å². The fourth-order valence-corrected chi connectivity index (χ4v) is 1.99. The third kappa shape index (κ3) is 4.04. The first-order chi connectivity index (χ1) is 10.1. The summed E-state index contributed by atoms with van der Waals surface area (Å²) in [6.45, 7) is 0. The van der Waals surface area contributed by atoms with Crippen LogP contribution in [-0.4, -0.2) is 17.2 Å². The molecule has 1 amide bonds. The number of halogens is 2. The van der Waals surface area contributed by atoms with E-state index in [0.29, 0.717) is 21.2 Å². The highest BCUT2D eigenvalue weighted by Crippen LogP contribution is 2.24. The lowest BCUT2D eigenvalue weighted by molar-refractivity contribution is -0.129. The average Bonchev–Trinajstić information content (AvgIpc) is 2.51. The van der Waals surface area contributed by atoms with Gasteiger partial charge in [-0.25, -0.2) is 5.43 Å². The molecule has 4 nitrogen and oxygen atoms in total. The second kappa shape index (κ2) is 7.22. The Morgan fingerprint density at radius 2 is 1.86 bits per heavy atom. The van der Waals surface area contributed by atoms with Gasteiger partial charge in [-0.3, -0.25) is 4.79 Å². The van der Waals surface area contributed by atoms with Crippen molar-refractivity contribution in [3.05, 3.63) is 69.7 Å². The molecule has 2 aromatic rings. The standard InChI is InChI=1S/C15H12Cl2N2O2/c16-12-8-4-7-11(13(12)17)9-18-19-15(21)14(20)10-5-2-1-3-6-10/h1-9,14,20H,(H,19,21)/b18-9-/t14-/m0/s1. The monoisotopic (exact) mass is 322 g/mol. The van der Waals surface area contributed by atoms with E-state index in [9.17, 15) is 9.90 Å². The van der Waals surface area contributed by atoms with E-state index < -0.39 is 12.0 Å². The van der Waals surface area contributed by atoms with Gasteiger partial charge in [-0.1, -0.05) is 65.7 Å². The van der Waals surface area contributed by atoms with Crippen molar-refractivity contribution in [2.45, 2.75) is 6.10 Å². The van der Waals surface area contributed by atoms with Crippen LogP contribution in [0.2, 0.25) is 10.0 Å². The summed E-state index contributed by atoms with van der Waals surface area (Å²) in [5.74, 6) is -0.629. The molecule has 21 heavy (non-hydrogen) atoms. The highest BCUT2D eigenvalue weighted by atomic mass is 35.5. The third-order valence-electron chi connectivity index (χ3n) is 2.72. The molecule has 1 atom stereocenters. The number of aliphatic hydroxyl groups is 1. The predicted octanol–water partition coefficient (Wildman–Crippen LogP) is 3.18. The van der Waals surface area contributed by atoms with Crippen LogP contribution in [-0.2, 0) is 4.79 Å². The Bertz CT molecular complexity index is 660. The molecule has 6 heteroatoms. The number of carbonyl (C=O) groups is 1. The molecule has 2 rings (SSSR count). The fraction of sp³-hybridized carbons (Fsp3) is 0.0667. The summed E-state index contributed by atoms with van der Waals surface area (Å²) in [4.78, 5) is 11.8. The molecule has 0 bridgehead atoms. The Kier molecular flexibility index (Phi) is 5.33. The number of hydrogen-bond acceptors (Lipinski definition) is 3. The number of nitrogens with zero attached hydrogens (tertiary/aromatic N) is 1. The molecule has 0 heterocycles. The Morgan fingerprint density at radius 3 is 2.57 bits per heavy atom. The van der Waals surface area contributed by atoms with Crippen molar-refractivity contribution in [2.75, 3.05) is 0 Å². The van der Waals surface area contributed by atoms with E-state index in [1.54, 1.807) is 48.5 Å². The highest BCUT2D eigenvalue weighted by Gasteiger charge is 2.15. The van der Waals surface area contributed by atoms with E-state index in [2.05, 4.69) is 10.5 Å². The molecule has 0 saturated heterocycles. The number of benzene rings is 2. The Balaban J connectivity index is 2.01. The van der Waals surface area contributed by atoms with Crippen LogP contribution in [0, 0.1) is 0 Å². The molecule has 0 saturated carbocycles. The van der Waals surface area contributed by atoms with E-state index in [1.165, 1.54) is 6.21 Å². The van der Waals surface area contributed by atoms with Crippen molar-refractivity contribution in [2.24, 2.45) is 5.10 Å². The second-order valence-corrected chi connectivity index (χ2v) is 4.98. The molecule has 0 spiro atoms. The minimum Gasteiger partial charge on any atom is -0.378 e. The summed E-state index contributed by atoms with van der Waals surface area (Å²) in [6, 6.07) is 13.7. The number of amides is 1. The SMILES string of the molecule is O=C(N/N=C\c1cccc(Cl)c1Cl)[C@@H](O)c1ccccc1. The molecule has 2 aromatic carbocycles. The lowest BCUT2D eigenvalue weighted by atomic mass is 10.1. The van der Waals surface area contributed by atoms with Gasteiger partial charge in [0.05, 0.1) is 16.3 Å². The molecule has 0 aliphatic rings. The molecule has 0 aromatic heterocycles. The van der Waals surface area contributed by atoms with Gasteiger partial charge in [-0.2, -0.15) is 5.10 Å².